The zero-order chi connectivity index (χ0) is 21.7. The van der Waals surface area contributed by atoms with Crippen molar-refractivity contribution in [1.82, 2.24) is 0 Å². The molecule has 0 spiro atoms. The van der Waals surface area contributed by atoms with Gasteiger partial charge in [-0.3, -0.25) is 9.59 Å². The van der Waals surface area contributed by atoms with Gasteiger partial charge in [-0.25, -0.2) is 18.4 Å². The number of thiophene rings is 1. The summed E-state index contributed by atoms with van der Waals surface area (Å²) in [7, 11) is 0. The van der Waals surface area contributed by atoms with Crippen LogP contribution in [0, 0.1) is 18.6 Å². The SMILES string of the molecule is CCOC(=O)c1c(NC(=O)COC(=O)c2ccc(F)cc2F)sc(C(N)=O)c1C. The maximum atomic E-state index is 13.6. The number of nitrogens with one attached hydrogen (secondary N) is 1. The van der Waals surface area contributed by atoms with Crippen molar-refractivity contribution in [1.29, 1.82) is 0 Å². The number of ether oxygens (including phenoxy) is 2. The number of anilines is 1. The van der Waals surface area contributed by atoms with Crippen molar-refractivity contribution in [2.45, 2.75) is 13.8 Å². The maximum Gasteiger partial charge on any atom is 0.341 e. The number of carbonyl (C=O) groups is 4. The van der Waals surface area contributed by atoms with E-state index in [1.54, 1.807) is 6.92 Å². The number of hydrogen-bond acceptors (Lipinski definition) is 7. The van der Waals surface area contributed by atoms with E-state index in [4.69, 9.17) is 15.2 Å². The van der Waals surface area contributed by atoms with Gasteiger partial charge < -0.3 is 20.5 Å². The van der Waals surface area contributed by atoms with Gasteiger partial charge in [0.2, 0.25) is 0 Å². The third-order valence-corrected chi connectivity index (χ3v) is 4.81. The van der Waals surface area contributed by atoms with Crippen LogP contribution < -0.4 is 11.1 Å². The molecule has 0 aliphatic heterocycles. The van der Waals surface area contributed by atoms with Gasteiger partial charge in [-0.2, -0.15) is 0 Å². The summed E-state index contributed by atoms with van der Waals surface area (Å²) in [6.45, 7) is 2.30. The predicted molar refractivity (Wildman–Crippen MR) is 98.8 cm³/mol. The third-order valence-electron chi connectivity index (χ3n) is 3.59. The number of halogens is 2. The van der Waals surface area contributed by atoms with Gasteiger partial charge in [0.25, 0.3) is 11.8 Å². The Morgan fingerprint density at radius 2 is 1.83 bits per heavy atom. The van der Waals surface area contributed by atoms with E-state index in [1.807, 2.05) is 0 Å². The predicted octanol–water partition coefficient (Wildman–Crippen LogP) is 2.41. The van der Waals surface area contributed by atoms with Crippen molar-refractivity contribution in [3.05, 3.63) is 51.4 Å². The zero-order valence-corrected chi connectivity index (χ0v) is 16.2. The number of carbonyl (C=O) groups excluding carboxylic acids is 4. The van der Waals surface area contributed by atoms with Crippen LogP contribution in [-0.2, 0) is 14.3 Å². The summed E-state index contributed by atoms with van der Waals surface area (Å²) in [5.74, 6) is -5.61. The van der Waals surface area contributed by atoms with E-state index >= 15 is 0 Å². The molecule has 1 heterocycles. The van der Waals surface area contributed by atoms with Gasteiger partial charge in [0.05, 0.1) is 22.6 Å². The smallest absolute Gasteiger partial charge is 0.341 e. The quantitative estimate of drug-likeness (QED) is 0.655. The normalized spacial score (nSPS) is 10.3. The molecule has 0 aliphatic rings. The lowest BCUT2D eigenvalue weighted by atomic mass is 10.1. The van der Waals surface area contributed by atoms with Crippen LogP contribution in [0.3, 0.4) is 0 Å². The monoisotopic (exact) mass is 426 g/mol. The molecule has 0 unspecified atom stereocenters. The van der Waals surface area contributed by atoms with E-state index in [0.717, 1.165) is 23.5 Å². The molecule has 154 valence electrons. The summed E-state index contributed by atoms with van der Waals surface area (Å²) < 4.78 is 36.1. The van der Waals surface area contributed by atoms with Crippen LogP contribution in [0.5, 0.6) is 0 Å². The number of esters is 2. The molecule has 0 radical (unpaired) electrons. The molecule has 0 fully saturated rings. The van der Waals surface area contributed by atoms with Gasteiger partial charge >= 0.3 is 11.9 Å². The van der Waals surface area contributed by atoms with E-state index in [0.29, 0.717) is 6.07 Å². The molecule has 2 amide bonds. The Morgan fingerprint density at radius 1 is 1.14 bits per heavy atom. The zero-order valence-electron chi connectivity index (χ0n) is 15.3. The van der Waals surface area contributed by atoms with E-state index in [9.17, 15) is 28.0 Å². The van der Waals surface area contributed by atoms with Crippen LogP contribution in [-0.4, -0.2) is 37.0 Å². The fourth-order valence-corrected chi connectivity index (χ4v) is 3.38. The molecule has 2 aromatic rings. The highest BCUT2D eigenvalue weighted by Crippen LogP contribution is 2.33. The average Bonchev–Trinajstić information content (AvgIpc) is 2.96. The molecule has 3 N–H and O–H groups in total. The van der Waals surface area contributed by atoms with Crippen molar-refractivity contribution in [3.8, 4) is 0 Å². The van der Waals surface area contributed by atoms with Crippen molar-refractivity contribution in [2.24, 2.45) is 5.73 Å². The highest BCUT2D eigenvalue weighted by Gasteiger charge is 2.26. The largest absolute Gasteiger partial charge is 0.462 e. The van der Waals surface area contributed by atoms with Crippen LogP contribution in [0.2, 0.25) is 0 Å². The molecule has 0 saturated carbocycles. The van der Waals surface area contributed by atoms with E-state index < -0.39 is 47.6 Å². The Morgan fingerprint density at radius 3 is 2.41 bits per heavy atom. The van der Waals surface area contributed by atoms with E-state index in [-0.39, 0.29) is 27.6 Å². The molecule has 1 aromatic heterocycles. The molecule has 11 heteroatoms. The summed E-state index contributed by atoms with van der Waals surface area (Å²) in [5.41, 5.74) is 4.91. The van der Waals surface area contributed by atoms with Gasteiger partial charge in [-0.05, 0) is 31.5 Å². The number of hydrogen-bond donors (Lipinski definition) is 2. The second kappa shape index (κ2) is 9.24. The van der Waals surface area contributed by atoms with Crippen molar-refractivity contribution < 1.29 is 37.4 Å². The third kappa shape index (κ3) is 5.13. The Balaban J connectivity index is 2.13. The topological polar surface area (TPSA) is 125 Å². The van der Waals surface area contributed by atoms with E-state index in [1.165, 1.54) is 6.92 Å². The lowest BCUT2D eigenvalue weighted by molar-refractivity contribution is -0.119. The molecule has 0 aliphatic carbocycles. The van der Waals surface area contributed by atoms with E-state index in [2.05, 4.69) is 5.32 Å². The first kappa shape index (κ1) is 22.0. The van der Waals surface area contributed by atoms with Crippen LogP contribution in [0.15, 0.2) is 18.2 Å². The van der Waals surface area contributed by atoms with Crippen molar-refractivity contribution in [3.63, 3.8) is 0 Å². The number of primary amides is 1. The van der Waals surface area contributed by atoms with Gasteiger partial charge in [-0.15, -0.1) is 11.3 Å². The number of benzene rings is 1. The highest BCUT2D eigenvalue weighted by molar-refractivity contribution is 7.18. The number of rotatable bonds is 7. The number of nitrogens with two attached hydrogens (primary N) is 1. The molecule has 0 atom stereocenters. The molecular formula is C18H16F2N2O6S. The molecule has 0 saturated heterocycles. The number of amides is 2. The van der Waals surface area contributed by atoms with Gasteiger partial charge in [0, 0.05) is 6.07 Å². The Kier molecular flexibility index (Phi) is 6.99. The van der Waals surface area contributed by atoms with Crippen molar-refractivity contribution >= 4 is 40.1 Å². The molecule has 29 heavy (non-hydrogen) atoms. The summed E-state index contributed by atoms with van der Waals surface area (Å²) in [6.07, 6.45) is 0. The first-order chi connectivity index (χ1) is 13.6. The standard InChI is InChI=1S/C18H16F2N2O6S/c1-3-27-18(26)13-8(2)14(15(21)24)29-16(13)22-12(23)7-28-17(25)10-5-4-9(19)6-11(10)20/h4-6H,3,7H2,1-2H3,(H2,21,24)(H,22,23). The minimum atomic E-state index is -1.18. The maximum absolute atomic E-state index is 13.6. The van der Waals surface area contributed by atoms with Crippen LogP contribution in [0.1, 0.15) is 42.9 Å². The lowest BCUT2D eigenvalue weighted by Crippen LogP contribution is -2.22. The van der Waals surface area contributed by atoms with Gasteiger partial charge in [0.1, 0.15) is 16.6 Å². The molecular weight excluding hydrogens is 410 g/mol. The summed E-state index contributed by atoms with van der Waals surface area (Å²) in [4.78, 5) is 47.7. The lowest BCUT2D eigenvalue weighted by Gasteiger charge is -2.08. The Labute approximate surface area is 167 Å². The highest BCUT2D eigenvalue weighted by atomic mass is 32.1. The van der Waals surface area contributed by atoms with Gasteiger partial charge in [0.15, 0.2) is 6.61 Å². The molecule has 0 bridgehead atoms. The molecule has 8 nitrogen and oxygen atoms in total. The first-order valence-electron chi connectivity index (χ1n) is 8.18. The van der Waals surface area contributed by atoms with Crippen LogP contribution >= 0.6 is 11.3 Å². The van der Waals surface area contributed by atoms with Gasteiger partial charge in [-0.1, -0.05) is 0 Å². The van der Waals surface area contributed by atoms with Crippen molar-refractivity contribution in [2.75, 3.05) is 18.5 Å². The summed E-state index contributed by atoms with van der Waals surface area (Å²) >= 11 is 0.762. The summed E-state index contributed by atoms with van der Waals surface area (Å²) in [5, 5.41) is 2.33. The summed E-state index contributed by atoms with van der Waals surface area (Å²) in [6, 6.07) is 2.25. The van der Waals surface area contributed by atoms with Crippen LogP contribution in [0.25, 0.3) is 0 Å². The fraction of sp³-hybridized carbons (Fsp3) is 0.222. The second-order valence-corrected chi connectivity index (χ2v) is 6.61. The minimum Gasteiger partial charge on any atom is -0.462 e. The molecule has 1 aromatic carbocycles. The molecule has 2 rings (SSSR count). The van der Waals surface area contributed by atoms with Crippen LogP contribution in [0.4, 0.5) is 13.8 Å². The fourth-order valence-electron chi connectivity index (χ4n) is 2.31. The minimum absolute atomic E-state index is 0.0104. The second-order valence-electron chi connectivity index (χ2n) is 5.59. The first-order valence-corrected chi connectivity index (χ1v) is 8.99. The Bertz CT molecular complexity index is 989. The Hall–Kier alpha value is -3.34. The average molecular weight is 426 g/mol.